The first-order chi connectivity index (χ1) is 31.0. The van der Waals surface area contributed by atoms with Gasteiger partial charge in [0.25, 0.3) is 0 Å². The van der Waals surface area contributed by atoms with Gasteiger partial charge in [0.15, 0.2) is 0 Å². The van der Waals surface area contributed by atoms with E-state index >= 15 is 0 Å². The van der Waals surface area contributed by atoms with Crippen molar-refractivity contribution in [1.29, 1.82) is 0 Å². The van der Waals surface area contributed by atoms with Gasteiger partial charge in [0.2, 0.25) is 0 Å². The van der Waals surface area contributed by atoms with Crippen molar-refractivity contribution in [2.45, 2.75) is 19.3 Å². The maximum absolute atomic E-state index is 2.50. The molecular formula is C63H42. The summed E-state index contributed by atoms with van der Waals surface area (Å²) in [6.07, 6.45) is 0. The van der Waals surface area contributed by atoms with Crippen LogP contribution in [-0.4, -0.2) is 0 Å². The molecule has 0 heterocycles. The molecule has 294 valence electrons. The van der Waals surface area contributed by atoms with Gasteiger partial charge >= 0.3 is 0 Å². The van der Waals surface area contributed by atoms with Crippen LogP contribution in [0.25, 0.3) is 120 Å². The number of benzene rings is 12. The molecule has 13 rings (SSSR count). The molecule has 0 atom stereocenters. The Bertz CT molecular complexity index is 3510. The van der Waals surface area contributed by atoms with E-state index < -0.39 is 0 Å². The van der Waals surface area contributed by atoms with Crippen LogP contribution in [0.1, 0.15) is 25.0 Å². The fourth-order valence-corrected chi connectivity index (χ4v) is 11.2. The molecule has 12 aromatic rings. The lowest BCUT2D eigenvalue weighted by molar-refractivity contribution is 0.661. The molecule has 0 N–H and O–H groups in total. The van der Waals surface area contributed by atoms with Crippen molar-refractivity contribution in [3.05, 3.63) is 230 Å². The molecular weight excluding hydrogens is 757 g/mol. The first kappa shape index (κ1) is 35.9. The zero-order chi connectivity index (χ0) is 41.8. The molecule has 1 aliphatic rings. The zero-order valence-electron chi connectivity index (χ0n) is 35.3. The van der Waals surface area contributed by atoms with Crippen LogP contribution in [0.15, 0.2) is 218 Å². The maximum Gasteiger partial charge on any atom is 0.0159 e. The summed E-state index contributed by atoms with van der Waals surface area (Å²) < 4.78 is 0. The van der Waals surface area contributed by atoms with E-state index in [1.165, 1.54) is 131 Å². The minimum atomic E-state index is -0.218. The molecule has 12 aromatic carbocycles. The monoisotopic (exact) mass is 798 g/mol. The van der Waals surface area contributed by atoms with Crippen molar-refractivity contribution in [3.8, 4) is 55.6 Å². The Morgan fingerprint density at radius 3 is 0.810 bits per heavy atom. The second-order valence-electron chi connectivity index (χ2n) is 18.0. The summed E-state index contributed by atoms with van der Waals surface area (Å²) in [6.45, 7) is 4.84. The SMILES string of the molecule is CC1(C)c2cc(-c3c4ccccc4c(-c4ccc5ccccc5c4)c4ccccc34)ccc2-c2ccc(-c3c4ccccc4c(-c4ccc5ccccc5c4)c4ccccc34)cc21. The van der Waals surface area contributed by atoms with Crippen molar-refractivity contribution in [3.63, 3.8) is 0 Å². The Morgan fingerprint density at radius 1 is 0.238 bits per heavy atom. The van der Waals surface area contributed by atoms with Gasteiger partial charge in [-0.1, -0.05) is 208 Å². The maximum atomic E-state index is 2.50. The molecule has 0 heteroatoms. The third-order valence-electron chi connectivity index (χ3n) is 14.2. The van der Waals surface area contributed by atoms with Crippen LogP contribution in [-0.2, 0) is 5.41 Å². The first-order valence-corrected chi connectivity index (χ1v) is 22.2. The summed E-state index contributed by atoms with van der Waals surface area (Å²) in [4.78, 5) is 0. The van der Waals surface area contributed by atoms with E-state index in [2.05, 4.69) is 232 Å². The Balaban J connectivity index is 0.973. The molecule has 0 saturated carbocycles. The highest BCUT2D eigenvalue weighted by Crippen LogP contribution is 2.53. The molecule has 0 fully saturated rings. The second kappa shape index (κ2) is 13.6. The van der Waals surface area contributed by atoms with Gasteiger partial charge in [-0.3, -0.25) is 0 Å². The zero-order valence-corrected chi connectivity index (χ0v) is 35.3. The third-order valence-corrected chi connectivity index (χ3v) is 14.2. The minimum Gasteiger partial charge on any atom is -0.0616 e. The molecule has 0 radical (unpaired) electrons. The fourth-order valence-electron chi connectivity index (χ4n) is 11.2. The van der Waals surface area contributed by atoms with E-state index in [1.54, 1.807) is 0 Å². The van der Waals surface area contributed by atoms with Crippen LogP contribution in [0.3, 0.4) is 0 Å². The van der Waals surface area contributed by atoms with Gasteiger partial charge in [-0.2, -0.15) is 0 Å². The highest BCUT2D eigenvalue weighted by Gasteiger charge is 2.36. The largest absolute Gasteiger partial charge is 0.0616 e. The van der Waals surface area contributed by atoms with Gasteiger partial charge in [0.05, 0.1) is 0 Å². The van der Waals surface area contributed by atoms with Crippen LogP contribution in [0.4, 0.5) is 0 Å². The van der Waals surface area contributed by atoms with Crippen molar-refractivity contribution in [2.75, 3.05) is 0 Å². The van der Waals surface area contributed by atoms with Crippen LogP contribution >= 0.6 is 0 Å². The van der Waals surface area contributed by atoms with Gasteiger partial charge in [-0.05, 0) is 156 Å². The normalized spacial score (nSPS) is 13.0. The average Bonchev–Trinajstić information content (AvgIpc) is 3.56. The van der Waals surface area contributed by atoms with Crippen LogP contribution < -0.4 is 0 Å². The lowest BCUT2D eigenvalue weighted by Crippen LogP contribution is -2.15. The van der Waals surface area contributed by atoms with Gasteiger partial charge in [0, 0.05) is 5.41 Å². The Hall–Kier alpha value is -7.80. The predicted molar refractivity (Wildman–Crippen MR) is 271 cm³/mol. The number of hydrogen-bond acceptors (Lipinski definition) is 0. The van der Waals surface area contributed by atoms with E-state index in [1.807, 2.05) is 0 Å². The summed E-state index contributed by atoms with van der Waals surface area (Å²) in [5, 5.41) is 15.3. The van der Waals surface area contributed by atoms with E-state index in [0.29, 0.717) is 0 Å². The highest BCUT2D eigenvalue weighted by molar-refractivity contribution is 6.23. The summed E-state index contributed by atoms with van der Waals surface area (Å²) >= 11 is 0. The van der Waals surface area contributed by atoms with Crippen molar-refractivity contribution >= 4 is 64.6 Å². The van der Waals surface area contributed by atoms with E-state index in [9.17, 15) is 0 Å². The third kappa shape index (κ3) is 5.35. The molecule has 0 aromatic heterocycles. The lowest BCUT2D eigenvalue weighted by Gasteiger charge is -2.24. The Morgan fingerprint density at radius 2 is 0.492 bits per heavy atom. The molecule has 0 nitrogen and oxygen atoms in total. The second-order valence-corrected chi connectivity index (χ2v) is 18.0. The van der Waals surface area contributed by atoms with Crippen molar-refractivity contribution in [1.82, 2.24) is 0 Å². The van der Waals surface area contributed by atoms with Gasteiger partial charge in [-0.15, -0.1) is 0 Å². The number of fused-ring (bicyclic) bond motifs is 9. The standard InChI is InChI=1S/C63H42/c1-63(2)57-37-45(61-53-23-11-7-19-49(53)59(50-20-8-12-24-54(50)61)43-29-27-39-15-3-5-17-41(39)35-43)31-33-47(57)48-34-32-46(38-58(48)63)62-55-25-13-9-21-51(55)60(52-22-10-14-26-56(52)62)44-30-28-40-16-4-6-18-42(40)36-44/h3-38H,1-2H3. The first-order valence-electron chi connectivity index (χ1n) is 22.2. The van der Waals surface area contributed by atoms with Gasteiger partial charge < -0.3 is 0 Å². The quantitative estimate of drug-likeness (QED) is 0.156. The topological polar surface area (TPSA) is 0 Å². The van der Waals surface area contributed by atoms with E-state index in [-0.39, 0.29) is 5.41 Å². The van der Waals surface area contributed by atoms with Crippen LogP contribution in [0.5, 0.6) is 0 Å². The summed E-state index contributed by atoms with van der Waals surface area (Å²) in [7, 11) is 0. The molecule has 0 spiro atoms. The number of hydrogen-bond donors (Lipinski definition) is 0. The molecule has 0 amide bonds. The predicted octanol–water partition coefficient (Wildman–Crippen LogP) is 17.6. The smallest absolute Gasteiger partial charge is 0.0159 e. The molecule has 63 heavy (non-hydrogen) atoms. The molecule has 1 aliphatic carbocycles. The van der Waals surface area contributed by atoms with Gasteiger partial charge in [-0.25, -0.2) is 0 Å². The van der Waals surface area contributed by atoms with Crippen LogP contribution in [0.2, 0.25) is 0 Å². The van der Waals surface area contributed by atoms with E-state index in [0.717, 1.165) is 0 Å². The molecule has 0 aliphatic heterocycles. The van der Waals surface area contributed by atoms with E-state index in [4.69, 9.17) is 0 Å². The summed E-state index contributed by atoms with van der Waals surface area (Å²) in [6, 6.07) is 81.8. The Labute approximate surface area is 367 Å². The summed E-state index contributed by atoms with van der Waals surface area (Å²) in [5.41, 5.74) is 15.4. The van der Waals surface area contributed by atoms with Crippen LogP contribution in [0, 0.1) is 0 Å². The lowest BCUT2D eigenvalue weighted by atomic mass is 9.79. The molecule has 0 saturated heterocycles. The summed E-state index contributed by atoms with van der Waals surface area (Å²) in [5.74, 6) is 0. The number of rotatable bonds is 4. The van der Waals surface area contributed by atoms with Crippen molar-refractivity contribution < 1.29 is 0 Å². The minimum absolute atomic E-state index is 0.218. The average molecular weight is 799 g/mol. The van der Waals surface area contributed by atoms with Crippen molar-refractivity contribution in [2.24, 2.45) is 0 Å². The highest BCUT2D eigenvalue weighted by atomic mass is 14.4. The van der Waals surface area contributed by atoms with Gasteiger partial charge in [0.1, 0.15) is 0 Å². The molecule has 0 unspecified atom stereocenters. The fraction of sp³-hybridized carbons (Fsp3) is 0.0476. The Kier molecular flexibility index (Phi) is 7.75. The molecule has 0 bridgehead atoms.